The first-order valence-corrected chi connectivity index (χ1v) is 27.0. The molecule has 9 heterocycles. The number of nitrogens with zero attached hydrogens (tertiary/aromatic N) is 9. The lowest BCUT2D eigenvalue weighted by Crippen LogP contribution is -2.61. The maximum atomic E-state index is 17.2. The van der Waals surface area contributed by atoms with E-state index in [1.165, 1.54) is 19.3 Å². The van der Waals surface area contributed by atoms with Gasteiger partial charge in [-0.3, -0.25) is 29.3 Å². The predicted octanol–water partition coefficient (Wildman–Crippen LogP) is 6.64. The van der Waals surface area contributed by atoms with E-state index in [4.69, 9.17) is 9.97 Å². The fourth-order valence-electron chi connectivity index (χ4n) is 13.2. The van der Waals surface area contributed by atoms with Gasteiger partial charge in [-0.25, -0.2) is 19.3 Å². The molecule has 0 radical (unpaired) electrons. The van der Waals surface area contributed by atoms with E-state index in [9.17, 15) is 19.2 Å². The van der Waals surface area contributed by atoms with E-state index in [2.05, 4.69) is 73.0 Å². The van der Waals surface area contributed by atoms with Crippen molar-refractivity contribution in [2.24, 2.45) is 5.92 Å². The van der Waals surface area contributed by atoms with E-state index in [1.54, 1.807) is 16.0 Å². The molecule has 1 aromatic carbocycles. The molecule has 4 aromatic rings. The number of carbonyl (C=O) groups is 5. The van der Waals surface area contributed by atoms with Crippen LogP contribution in [0.5, 0.6) is 0 Å². The second kappa shape index (κ2) is 18.5. The highest BCUT2D eigenvalue weighted by atomic mass is 19.1. The summed E-state index contributed by atoms with van der Waals surface area (Å²) in [7, 11) is 0. The third-order valence-electron chi connectivity index (χ3n) is 17.7. The second-order valence-corrected chi connectivity index (χ2v) is 22.6. The van der Waals surface area contributed by atoms with Crippen LogP contribution in [0, 0.1) is 5.92 Å². The summed E-state index contributed by atoms with van der Waals surface area (Å²) in [6, 6.07) is 13.4. The number of aromatic nitrogens is 4. The summed E-state index contributed by atoms with van der Waals surface area (Å²) in [6.45, 7) is 8.40. The van der Waals surface area contributed by atoms with Crippen molar-refractivity contribution in [1.82, 2.24) is 39.5 Å². The molecule has 12 rings (SSSR count). The van der Waals surface area contributed by atoms with Gasteiger partial charge in [-0.1, -0.05) is 24.6 Å². The van der Waals surface area contributed by atoms with Crippen LogP contribution in [-0.2, 0) is 29.4 Å². The van der Waals surface area contributed by atoms with Crippen molar-refractivity contribution >= 4 is 57.9 Å². The highest BCUT2D eigenvalue weighted by Crippen LogP contribution is 2.53. The number of likely N-dealkylation sites (tertiary alicyclic amines) is 3. The van der Waals surface area contributed by atoms with Gasteiger partial charge in [-0.2, -0.15) is 0 Å². The van der Waals surface area contributed by atoms with Gasteiger partial charge in [0.25, 0.3) is 5.91 Å². The van der Waals surface area contributed by atoms with Crippen LogP contribution in [0.4, 0.5) is 21.7 Å². The van der Waals surface area contributed by atoms with Crippen molar-refractivity contribution in [3.05, 3.63) is 60.0 Å². The second-order valence-electron chi connectivity index (χ2n) is 22.6. The summed E-state index contributed by atoms with van der Waals surface area (Å²) >= 11 is 0. The molecule has 1 spiro atoms. The van der Waals surface area contributed by atoms with Crippen LogP contribution in [0.1, 0.15) is 133 Å². The van der Waals surface area contributed by atoms with Crippen molar-refractivity contribution in [2.75, 3.05) is 67.5 Å². The fourth-order valence-corrected chi connectivity index (χ4v) is 13.2. The largest absolute Gasteiger partial charge is 0.366 e. The van der Waals surface area contributed by atoms with Crippen molar-refractivity contribution in [3.8, 4) is 11.3 Å². The molecule has 2 aliphatic carbocycles. The van der Waals surface area contributed by atoms with E-state index < -0.39 is 22.9 Å². The molecule has 380 valence electrons. The van der Waals surface area contributed by atoms with Crippen molar-refractivity contribution in [3.63, 3.8) is 0 Å². The number of hydrogen-bond acceptors (Lipinski definition) is 11. The topological polar surface area (TPSA) is 169 Å². The minimum atomic E-state index is -2.20. The first-order chi connectivity index (χ1) is 34.9. The van der Waals surface area contributed by atoms with Gasteiger partial charge in [0.2, 0.25) is 29.3 Å². The van der Waals surface area contributed by atoms with Gasteiger partial charge in [-0.05, 0) is 140 Å². The average molecular weight is 982 g/mol. The molecule has 7 fully saturated rings. The highest BCUT2D eigenvalue weighted by Gasteiger charge is 2.57. The van der Waals surface area contributed by atoms with E-state index in [0.717, 1.165) is 89.5 Å². The van der Waals surface area contributed by atoms with Crippen LogP contribution in [-0.4, -0.2) is 140 Å². The van der Waals surface area contributed by atoms with Gasteiger partial charge in [0.15, 0.2) is 5.82 Å². The Morgan fingerprint density at radius 1 is 0.819 bits per heavy atom. The van der Waals surface area contributed by atoms with E-state index in [1.807, 2.05) is 18.5 Å². The summed E-state index contributed by atoms with van der Waals surface area (Å²) in [5.74, 6) is -0.237. The number of halogens is 1. The standard InChI is InChI=1S/C55H68FN11O5/c1-34(2)66-33-58-44-30-43(60-49(48(44)66)59-38-9-10-38)36-7-12-42-45(27-36)67(40-28-39(29-40)62-20-4-3-5-21-62)52(71)54(42)18-25-64(26-19-54)53(72)55(56)17-6-22-65(32-55)51(70)35-15-23-63(24-16-35)46-13-8-37(31-57-46)41-11-14-47(68)61-50(41)69/h7-8,12-13,27,30-31,33-35,38-41H,3-6,9-11,14-26,28-29,32H2,1-2H3,(H,59,60)(H,61,68,69). The zero-order valence-corrected chi connectivity index (χ0v) is 41.8. The normalized spacial score (nSPS) is 27.1. The van der Waals surface area contributed by atoms with E-state index in [-0.39, 0.29) is 67.7 Å². The molecule has 2 atom stereocenters. The van der Waals surface area contributed by atoms with Crippen LogP contribution in [0.3, 0.4) is 0 Å². The molecule has 16 nitrogen and oxygen atoms in total. The van der Waals surface area contributed by atoms with Crippen LogP contribution in [0.25, 0.3) is 22.3 Å². The molecule has 2 N–H and O–H groups in total. The lowest BCUT2D eigenvalue weighted by atomic mass is 9.73. The number of piperidine rings is 5. The number of fused-ring (bicyclic) bond motifs is 3. The molecule has 0 bridgehead atoms. The van der Waals surface area contributed by atoms with Gasteiger partial charge in [0.05, 0.1) is 35.4 Å². The van der Waals surface area contributed by atoms with Gasteiger partial charge < -0.3 is 34.4 Å². The van der Waals surface area contributed by atoms with Crippen LogP contribution < -0.4 is 20.4 Å². The number of amides is 5. The Morgan fingerprint density at radius 2 is 1.60 bits per heavy atom. The molecule has 72 heavy (non-hydrogen) atoms. The molecule has 5 saturated heterocycles. The number of anilines is 3. The summed E-state index contributed by atoms with van der Waals surface area (Å²) in [5.41, 5.74) is 3.28. The zero-order valence-electron chi connectivity index (χ0n) is 41.8. The third kappa shape index (κ3) is 8.40. The van der Waals surface area contributed by atoms with Gasteiger partial charge in [0, 0.05) is 86.7 Å². The smallest absolute Gasteiger partial charge is 0.262 e. The van der Waals surface area contributed by atoms with Crippen LogP contribution >= 0.6 is 0 Å². The summed E-state index contributed by atoms with van der Waals surface area (Å²) in [4.78, 5) is 92.5. The number of nitrogens with one attached hydrogen (secondary N) is 2. The Hall–Kier alpha value is -5.97. The number of hydrogen-bond donors (Lipinski definition) is 2. The van der Waals surface area contributed by atoms with Crippen LogP contribution in [0.2, 0.25) is 0 Å². The Bertz CT molecular complexity index is 2780. The Labute approximate surface area is 420 Å². The van der Waals surface area contributed by atoms with E-state index in [0.29, 0.717) is 76.7 Å². The maximum absolute atomic E-state index is 17.2. The molecular formula is C55H68FN11O5. The number of pyridine rings is 2. The SMILES string of the molecule is CC(C)n1cnc2cc(-c3ccc4c(c3)N(C3CC(N5CCCCC5)C3)C(=O)C43CCN(C(=O)C4(F)CCCN(C(=O)C5CCN(c6ccc(C7CCC(=O)NC7=O)cn6)CC5)C4)CC3)nc(NC3CC3)c21. The maximum Gasteiger partial charge on any atom is 0.262 e. The summed E-state index contributed by atoms with van der Waals surface area (Å²) < 4.78 is 19.4. The first-order valence-electron chi connectivity index (χ1n) is 27.0. The average Bonchev–Trinajstić information content (AvgIpc) is 4.05. The minimum Gasteiger partial charge on any atom is -0.366 e. The number of alkyl halides is 1. The lowest BCUT2D eigenvalue weighted by Gasteiger charge is -2.48. The number of imide groups is 1. The predicted molar refractivity (Wildman–Crippen MR) is 271 cm³/mol. The molecule has 2 saturated carbocycles. The number of rotatable bonds is 10. The minimum absolute atomic E-state index is 0.0593. The first kappa shape index (κ1) is 47.1. The van der Waals surface area contributed by atoms with Crippen molar-refractivity contribution in [1.29, 1.82) is 0 Å². The lowest BCUT2D eigenvalue weighted by molar-refractivity contribution is -0.155. The quantitative estimate of drug-likeness (QED) is 0.164. The Kier molecular flexibility index (Phi) is 12.1. The number of benzene rings is 1. The monoisotopic (exact) mass is 982 g/mol. The number of imidazole rings is 1. The van der Waals surface area contributed by atoms with Crippen molar-refractivity contribution in [2.45, 2.75) is 151 Å². The molecular weight excluding hydrogens is 914 g/mol. The molecule has 5 amide bonds. The van der Waals surface area contributed by atoms with Gasteiger partial charge >= 0.3 is 0 Å². The molecule has 17 heteroatoms. The fraction of sp³-hybridized carbons (Fsp3) is 0.600. The van der Waals surface area contributed by atoms with Gasteiger partial charge in [0.1, 0.15) is 11.3 Å². The molecule has 6 aliphatic heterocycles. The Morgan fingerprint density at radius 3 is 2.31 bits per heavy atom. The molecule has 2 unspecified atom stereocenters. The summed E-state index contributed by atoms with van der Waals surface area (Å²) in [5, 5.41) is 6.09. The molecule has 3 aromatic heterocycles. The highest BCUT2D eigenvalue weighted by molar-refractivity contribution is 6.10. The van der Waals surface area contributed by atoms with E-state index >= 15 is 9.18 Å². The Balaban J connectivity index is 0.730. The van der Waals surface area contributed by atoms with Gasteiger partial charge in [-0.15, -0.1) is 0 Å². The molecule has 8 aliphatic rings. The summed E-state index contributed by atoms with van der Waals surface area (Å²) in [6.07, 6.45) is 14.6. The zero-order chi connectivity index (χ0) is 49.5. The van der Waals surface area contributed by atoms with Crippen molar-refractivity contribution < 1.29 is 28.4 Å². The van der Waals surface area contributed by atoms with Crippen LogP contribution in [0.15, 0.2) is 48.9 Å². The number of carbonyl (C=O) groups excluding carboxylic acids is 5. The third-order valence-corrected chi connectivity index (χ3v) is 17.7.